The minimum absolute atomic E-state index is 0.415. The third-order valence-electron chi connectivity index (χ3n) is 14.5. The lowest BCUT2D eigenvalue weighted by Crippen LogP contribution is -2.31. The first-order chi connectivity index (χ1) is 35.2. The lowest BCUT2D eigenvalue weighted by Gasteiger charge is -2.39. The molecule has 71 heavy (non-hydrogen) atoms. The van der Waals surface area contributed by atoms with E-state index in [0.717, 1.165) is 34.1 Å². The Morgan fingerprint density at radius 2 is 0.648 bits per heavy atom. The van der Waals surface area contributed by atoms with Gasteiger partial charge in [-0.1, -0.05) is 194 Å². The van der Waals surface area contributed by atoms with Crippen LogP contribution in [0.15, 0.2) is 277 Å². The average Bonchev–Trinajstić information content (AvgIpc) is 3.95. The second-order valence-electron chi connectivity index (χ2n) is 18.4. The second-order valence-corrected chi connectivity index (χ2v) is 20.6. The predicted molar refractivity (Wildman–Crippen MR) is 301 cm³/mol. The summed E-state index contributed by atoms with van der Waals surface area (Å²) in [5.74, 6) is 0. The minimum Gasteiger partial charge on any atom is -0.310 e. The molecule has 1 aliphatic heterocycles. The third-order valence-corrected chi connectivity index (χ3v) is 16.8. The van der Waals surface area contributed by atoms with E-state index >= 15 is 0 Å². The van der Waals surface area contributed by atoms with Crippen LogP contribution in [-0.2, 0) is 5.41 Å². The zero-order valence-electron chi connectivity index (χ0n) is 38.6. The third kappa shape index (κ3) is 6.78. The quantitative estimate of drug-likeness (QED) is 0.150. The number of nitrogens with zero attached hydrogens (tertiary/aromatic N) is 2. The Kier molecular flexibility index (Phi) is 9.90. The van der Waals surface area contributed by atoms with Crippen LogP contribution >= 0.6 is 23.1 Å². The van der Waals surface area contributed by atoms with Crippen molar-refractivity contribution in [2.75, 3.05) is 9.80 Å². The maximum absolute atomic E-state index is 2.44. The molecule has 1 spiro atoms. The largest absolute Gasteiger partial charge is 0.310 e. The zero-order chi connectivity index (χ0) is 46.9. The number of anilines is 6. The highest BCUT2D eigenvalue weighted by molar-refractivity contribution is 7.99. The van der Waals surface area contributed by atoms with Crippen molar-refractivity contribution in [2.45, 2.75) is 15.2 Å². The van der Waals surface area contributed by atoms with Crippen LogP contribution in [0.3, 0.4) is 0 Å². The molecule has 334 valence electrons. The smallest absolute Gasteiger partial charge is 0.0735 e. The number of benzene rings is 11. The van der Waals surface area contributed by atoms with Crippen molar-refractivity contribution in [1.29, 1.82) is 0 Å². The molecule has 1 aliphatic carbocycles. The highest BCUT2D eigenvalue weighted by atomic mass is 32.2. The van der Waals surface area contributed by atoms with Crippen molar-refractivity contribution in [3.8, 4) is 33.4 Å². The van der Waals surface area contributed by atoms with Gasteiger partial charge in [-0.2, -0.15) is 0 Å². The van der Waals surface area contributed by atoms with Gasteiger partial charge in [0.2, 0.25) is 0 Å². The van der Waals surface area contributed by atoms with E-state index in [0.29, 0.717) is 0 Å². The van der Waals surface area contributed by atoms with Crippen LogP contribution in [0.1, 0.15) is 22.3 Å². The molecule has 0 saturated carbocycles. The van der Waals surface area contributed by atoms with E-state index in [1.807, 2.05) is 23.1 Å². The van der Waals surface area contributed by atoms with Crippen LogP contribution < -0.4 is 9.80 Å². The van der Waals surface area contributed by atoms with Crippen LogP contribution in [0.2, 0.25) is 0 Å². The van der Waals surface area contributed by atoms with Crippen LogP contribution in [0.4, 0.5) is 34.1 Å². The van der Waals surface area contributed by atoms with E-state index < -0.39 is 5.41 Å². The topological polar surface area (TPSA) is 6.48 Å². The number of hydrogen-bond acceptors (Lipinski definition) is 4. The summed E-state index contributed by atoms with van der Waals surface area (Å²) in [6.07, 6.45) is 0. The van der Waals surface area contributed by atoms with Crippen molar-refractivity contribution in [2.24, 2.45) is 0 Å². The summed E-state index contributed by atoms with van der Waals surface area (Å²) in [5, 5.41) is 2.52. The van der Waals surface area contributed by atoms with Gasteiger partial charge < -0.3 is 9.80 Å². The Bertz CT molecular complexity index is 3830. The summed E-state index contributed by atoms with van der Waals surface area (Å²) in [7, 11) is 0. The van der Waals surface area contributed by atoms with Crippen LogP contribution in [0.5, 0.6) is 0 Å². The molecule has 12 aromatic rings. The van der Waals surface area contributed by atoms with Gasteiger partial charge in [0, 0.05) is 64.1 Å². The first-order valence-corrected chi connectivity index (χ1v) is 25.9. The number of hydrogen-bond donors (Lipinski definition) is 0. The molecule has 0 N–H and O–H groups in total. The van der Waals surface area contributed by atoms with Crippen molar-refractivity contribution in [3.63, 3.8) is 0 Å². The monoisotopic (exact) mass is 940 g/mol. The summed E-state index contributed by atoms with van der Waals surface area (Å²) < 4.78 is 2.50. The molecule has 2 aliphatic rings. The average molecular weight is 941 g/mol. The summed E-state index contributed by atoms with van der Waals surface area (Å²) in [4.78, 5) is 7.45. The Labute approximate surface area is 422 Å². The molecule has 2 nitrogen and oxygen atoms in total. The van der Waals surface area contributed by atoms with Gasteiger partial charge in [-0.15, -0.1) is 11.3 Å². The molecule has 4 heteroatoms. The highest BCUT2D eigenvalue weighted by Gasteiger charge is 2.50. The number of rotatable bonds is 8. The zero-order valence-corrected chi connectivity index (χ0v) is 40.2. The number of thiophene rings is 1. The second kappa shape index (κ2) is 16.9. The van der Waals surface area contributed by atoms with Crippen molar-refractivity contribution >= 4 is 77.4 Å². The lowest BCUT2D eigenvalue weighted by molar-refractivity contribution is 0.722. The molecule has 0 amide bonds. The van der Waals surface area contributed by atoms with Gasteiger partial charge in [0.05, 0.1) is 5.41 Å². The van der Waals surface area contributed by atoms with E-state index in [1.165, 1.54) is 85.6 Å². The fourth-order valence-corrected chi connectivity index (χ4v) is 13.7. The van der Waals surface area contributed by atoms with Gasteiger partial charge >= 0.3 is 0 Å². The molecular weight excluding hydrogens is 897 g/mol. The van der Waals surface area contributed by atoms with E-state index in [-0.39, 0.29) is 0 Å². The SMILES string of the molecule is c1ccc(-c2ccc(N(c3ccc(-c4ccccc4)cc3)c3ccc4c(c3)sc3cc(N(c5ccccc5)c5ccc6c(c5)-c5ccccc5C65c6ccccc6Sc6ccccc65)ccc34)cc2)cc1. The first kappa shape index (κ1) is 41.6. The van der Waals surface area contributed by atoms with E-state index in [9.17, 15) is 0 Å². The maximum atomic E-state index is 2.44. The Hall–Kier alpha value is -8.41. The molecule has 0 fully saturated rings. The molecule has 0 bridgehead atoms. The fourth-order valence-electron chi connectivity index (χ4n) is 11.4. The number of para-hydroxylation sites is 1. The molecule has 1 aromatic heterocycles. The van der Waals surface area contributed by atoms with Gasteiger partial charge in [-0.3, -0.25) is 0 Å². The predicted octanol–water partition coefficient (Wildman–Crippen LogP) is 19.2. The van der Waals surface area contributed by atoms with Gasteiger partial charge in [-0.25, -0.2) is 0 Å². The summed E-state index contributed by atoms with van der Waals surface area (Å²) in [6, 6.07) is 98.3. The Morgan fingerprint density at radius 1 is 0.268 bits per heavy atom. The highest BCUT2D eigenvalue weighted by Crippen LogP contribution is 2.62. The van der Waals surface area contributed by atoms with Gasteiger partial charge in [0.15, 0.2) is 0 Å². The molecular formula is C67H44N2S2. The van der Waals surface area contributed by atoms with Crippen molar-refractivity contribution in [1.82, 2.24) is 0 Å². The van der Waals surface area contributed by atoms with Crippen LogP contribution in [0, 0.1) is 0 Å². The van der Waals surface area contributed by atoms with Crippen LogP contribution in [-0.4, -0.2) is 0 Å². The van der Waals surface area contributed by atoms with Gasteiger partial charge in [0.1, 0.15) is 0 Å². The summed E-state index contributed by atoms with van der Waals surface area (Å²) in [6.45, 7) is 0. The first-order valence-electron chi connectivity index (χ1n) is 24.2. The molecule has 0 radical (unpaired) electrons. The van der Waals surface area contributed by atoms with Gasteiger partial charge in [0.25, 0.3) is 0 Å². The molecule has 0 saturated heterocycles. The Morgan fingerprint density at radius 3 is 1.20 bits per heavy atom. The molecule has 11 aromatic carbocycles. The summed E-state index contributed by atoms with van der Waals surface area (Å²) in [5.41, 5.74) is 19.1. The number of fused-ring (bicyclic) bond motifs is 12. The Balaban J connectivity index is 0.881. The van der Waals surface area contributed by atoms with E-state index in [4.69, 9.17) is 0 Å². The lowest BCUT2D eigenvalue weighted by atomic mass is 9.67. The normalized spacial score (nSPS) is 12.8. The van der Waals surface area contributed by atoms with Crippen molar-refractivity contribution < 1.29 is 0 Å². The minimum atomic E-state index is -0.415. The maximum Gasteiger partial charge on any atom is 0.0735 e. The van der Waals surface area contributed by atoms with Crippen molar-refractivity contribution in [3.05, 3.63) is 289 Å². The van der Waals surface area contributed by atoms with E-state index in [1.54, 1.807) is 0 Å². The molecule has 14 rings (SSSR count). The van der Waals surface area contributed by atoms with Crippen LogP contribution in [0.25, 0.3) is 53.6 Å². The van der Waals surface area contributed by atoms with Gasteiger partial charge in [-0.05, 0) is 141 Å². The standard InChI is InChI=1S/C67H44N2S2/c1-4-16-45(17-5-1)47-28-32-50(33-29-47)68(51-34-30-48(31-35-51)46-18-6-2-7-19-46)53-36-39-56-57-40-37-54(44-66(57)71-65(56)43-53)69(49-20-8-3-9-21-49)52-38-41-60-58(42-52)55-22-10-11-23-59(55)67(60)61-24-12-14-26-63(61)70-64-27-15-13-25-62(64)67/h1-44H. The molecule has 0 unspecified atom stereocenters. The molecule has 0 atom stereocenters. The molecule has 2 heterocycles. The van der Waals surface area contributed by atoms with E-state index in [2.05, 4.69) is 277 Å². The fraction of sp³-hybridized carbons (Fsp3) is 0.0149. The summed E-state index contributed by atoms with van der Waals surface area (Å²) >= 11 is 3.75.